The van der Waals surface area contributed by atoms with Gasteiger partial charge in [-0.15, -0.1) is 0 Å². The van der Waals surface area contributed by atoms with Crippen molar-refractivity contribution in [1.82, 2.24) is 15.5 Å². The summed E-state index contributed by atoms with van der Waals surface area (Å²) in [7, 11) is 4.03. The molecule has 1 heterocycles. The van der Waals surface area contributed by atoms with Crippen molar-refractivity contribution in [1.29, 1.82) is 0 Å². The Morgan fingerprint density at radius 1 is 1.11 bits per heavy atom. The van der Waals surface area contributed by atoms with E-state index in [4.69, 9.17) is 9.47 Å². The van der Waals surface area contributed by atoms with Crippen LogP contribution in [0.4, 0.5) is 4.79 Å². The number of ether oxygens (including phenoxy) is 2. The molecule has 6 heteroatoms. The molecule has 150 valence electrons. The average molecular weight is 383 g/mol. The van der Waals surface area contributed by atoms with Crippen molar-refractivity contribution >= 4 is 6.03 Å². The predicted octanol–water partition coefficient (Wildman–Crippen LogP) is 3.34. The van der Waals surface area contributed by atoms with E-state index in [1.807, 2.05) is 62.6 Å². The molecule has 1 aliphatic heterocycles. The number of carbonyl (C=O) groups excluding carboxylic acids is 1. The predicted molar refractivity (Wildman–Crippen MR) is 110 cm³/mol. The monoisotopic (exact) mass is 383 g/mol. The fourth-order valence-corrected chi connectivity index (χ4v) is 3.37. The van der Waals surface area contributed by atoms with E-state index < -0.39 is 0 Å². The summed E-state index contributed by atoms with van der Waals surface area (Å²) < 4.78 is 11.1. The van der Waals surface area contributed by atoms with Crippen LogP contribution in [-0.4, -0.2) is 44.4 Å². The van der Waals surface area contributed by atoms with Crippen LogP contribution in [0.25, 0.3) is 0 Å². The molecule has 2 atom stereocenters. The van der Waals surface area contributed by atoms with Crippen molar-refractivity contribution in [2.24, 2.45) is 0 Å². The quantitative estimate of drug-likeness (QED) is 0.734. The van der Waals surface area contributed by atoms with Gasteiger partial charge < -0.3 is 25.0 Å². The molecule has 2 N–H and O–H groups in total. The normalized spacial score (nSPS) is 14.6. The van der Waals surface area contributed by atoms with Gasteiger partial charge in [-0.05, 0) is 44.1 Å². The van der Waals surface area contributed by atoms with Crippen LogP contribution in [0, 0.1) is 0 Å². The van der Waals surface area contributed by atoms with Crippen LogP contribution in [0.15, 0.2) is 48.5 Å². The lowest BCUT2D eigenvalue weighted by Crippen LogP contribution is -2.45. The molecule has 2 amide bonds. The number of nitrogens with zero attached hydrogens (tertiary/aromatic N) is 1. The minimum Gasteiger partial charge on any atom is -0.454 e. The number of para-hydroxylation sites is 1. The van der Waals surface area contributed by atoms with E-state index in [2.05, 4.69) is 22.5 Å². The van der Waals surface area contributed by atoms with Gasteiger partial charge in [-0.3, -0.25) is 0 Å². The van der Waals surface area contributed by atoms with E-state index in [1.165, 1.54) is 0 Å². The number of fused-ring (bicyclic) bond motifs is 1. The van der Waals surface area contributed by atoms with E-state index in [0.29, 0.717) is 6.54 Å². The first-order valence-electron chi connectivity index (χ1n) is 9.71. The first-order valence-corrected chi connectivity index (χ1v) is 9.71. The summed E-state index contributed by atoms with van der Waals surface area (Å²) in [6.45, 7) is 2.87. The molecule has 6 nitrogen and oxygen atoms in total. The minimum absolute atomic E-state index is 0.00180. The third kappa shape index (κ3) is 4.95. The smallest absolute Gasteiger partial charge is 0.315 e. The average Bonchev–Trinajstić information content (AvgIpc) is 3.19. The molecular weight excluding hydrogens is 354 g/mol. The van der Waals surface area contributed by atoms with Gasteiger partial charge in [-0.2, -0.15) is 0 Å². The standard InChI is InChI=1S/C22H29N3O3/c1-4-19(16-9-6-5-7-10-16)24-22(26)23-14-18(25(2)3)13-17-11-8-12-20-21(17)28-15-27-20/h5-12,18-19H,4,13-15H2,1-3H3,(H2,23,24,26)/t18-,19+/m0/s1. The number of carbonyl (C=O) groups is 1. The molecule has 0 bridgehead atoms. The molecule has 2 aromatic rings. The van der Waals surface area contributed by atoms with E-state index in [0.717, 1.165) is 35.5 Å². The minimum atomic E-state index is -0.152. The van der Waals surface area contributed by atoms with Crippen molar-refractivity contribution in [3.63, 3.8) is 0 Å². The molecule has 0 radical (unpaired) electrons. The zero-order chi connectivity index (χ0) is 19.9. The highest BCUT2D eigenvalue weighted by Gasteiger charge is 2.22. The van der Waals surface area contributed by atoms with Crippen LogP contribution < -0.4 is 20.1 Å². The summed E-state index contributed by atoms with van der Waals surface area (Å²) in [5.74, 6) is 1.60. The molecule has 1 aliphatic rings. The number of benzene rings is 2. The van der Waals surface area contributed by atoms with E-state index in [9.17, 15) is 4.79 Å². The van der Waals surface area contributed by atoms with Gasteiger partial charge in [-0.25, -0.2) is 4.79 Å². The maximum atomic E-state index is 12.5. The van der Waals surface area contributed by atoms with Gasteiger partial charge in [0.1, 0.15) is 0 Å². The molecule has 28 heavy (non-hydrogen) atoms. The van der Waals surface area contributed by atoms with Gasteiger partial charge in [0.05, 0.1) is 6.04 Å². The molecule has 3 rings (SSSR count). The second-order valence-electron chi connectivity index (χ2n) is 7.20. The molecule has 0 aliphatic carbocycles. The van der Waals surface area contributed by atoms with Gasteiger partial charge in [0.15, 0.2) is 11.5 Å². The Hall–Kier alpha value is -2.73. The largest absolute Gasteiger partial charge is 0.454 e. The highest BCUT2D eigenvalue weighted by atomic mass is 16.7. The number of likely N-dealkylation sites (N-methyl/N-ethyl adjacent to an activating group) is 1. The van der Waals surface area contributed by atoms with Gasteiger partial charge in [0.25, 0.3) is 0 Å². The topological polar surface area (TPSA) is 62.8 Å². The van der Waals surface area contributed by atoms with E-state index in [1.54, 1.807) is 0 Å². The Morgan fingerprint density at radius 3 is 2.61 bits per heavy atom. The summed E-state index contributed by atoms with van der Waals surface area (Å²) >= 11 is 0. The van der Waals surface area contributed by atoms with Crippen LogP contribution in [0.5, 0.6) is 11.5 Å². The van der Waals surface area contributed by atoms with Gasteiger partial charge in [0.2, 0.25) is 6.79 Å². The fraction of sp³-hybridized carbons (Fsp3) is 0.409. The summed E-state index contributed by atoms with van der Waals surface area (Å²) in [5, 5.41) is 6.09. The summed E-state index contributed by atoms with van der Waals surface area (Å²) in [6, 6.07) is 16.0. The summed E-state index contributed by atoms with van der Waals surface area (Å²) in [4.78, 5) is 14.6. The highest BCUT2D eigenvalue weighted by molar-refractivity contribution is 5.74. The second kappa shape index (κ2) is 9.46. The molecular formula is C22H29N3O3. The van der Waals surface area contributed by atoms with Crippen LogP contribution in [0.2, 0.25) is 0 Å². The number of hydrogen-bond acceptors (Lipinski definition) is 4. The van der Waals surface area contributed by atoms with Crippen LogP contribution in [-0.2, 0) is 6.42 Å². The van der Waals surface area contributed by atoms with Gasteiger partial charge in [0, 0.05) is 12.6 Å². The number of amides is 2. The van der Waals surface area contributed by atoms with Crippen molar-refractivity contribution < 1.29 is 14.3 Å². The molecule has 0 aromatic heterocycles. The Kier molecular flexibility index (Phi) is 6.76. The number of hydrogen-bond donors (Lipinski definition) is 2. The van der Waals surface area contributed by atoms with Gasteiger partial charge >= 0.3 is 6.03 Å². The van der Waals surface area contributed by atoms with Crippen molar-refractivity contribution in [2.75, 3.05) is 27.4 Å². The van der Waals surface area contributed by atoms with Crippen molar-refractivity contribution in [2.45, 2.75) is 31.8 Å². The Bertz CT molecular complexity index is 780. The zero-order valence-electron chi connectivity index (χ0n) is 16.8. The molecule has 0 saturated heterocycles. The zero-order valence-corrected chi connectivity index (χ0v) is 16.8. The fourth-order valence-electron chi connectivity index (χ4n) is 3.37. The van der Waals surface area contributed by atoms with Crippen LogP contribution in [0.1, 0.15) is 30.5 Å². The number of urea groups is 1. The molecule has 2 aromatic carbocycles. The third-order valence-electron chi connectivity index (χ3n) is 5.08. The molecule has 0 saturated carbocycles. The molecule has 0 unspecified atom stereocenters. The van der Waals surface area contributed by atoms with Gasteiger partial charge in [-0.1, -0.05) is 49.4 Å². The maximum absolute atomic E-state index is 12.5. The Morgan fingerprint density at radius 2 is 1.89 bits per heavy atom. The van der Waals surface area contributed by atoms with Crippen LogP contribution >= 0.6 is 0 Å². The second-order valence-corrected chi connectivity index (χ2v) is 7.20. The Labute approximate surface area is 166 Å². The summed E-state index contributed by atoms with van der Waals surface area (Å²) in [5.41, 5.74) is 2.20. The highest BCUT2D eigenvalue weighted by Crippen LogP contribution is 2.36. The lowest BCUT2D eigenvalue weighted by molar-refractivity contribution is 0.172. The maximum Gasteiger partial charge on any atom is 0.315 e. The van der Waals surface area contributed by atoms with Crippen molar-refractivity contribution in [3.8, 4) is 11.5 Å². The first-order chi connectivity index (χ1) is 13.6. The SMILES string of the molecule is CC[C@@H](NC(=O)NC[C@H](Cc1cccc2c1OCO2)N(C)C)c1ccccc1. The lowest BCUT2D eigenvalue weighted by atomic mass is 10.0. The van der Waals surface area contributed by atoms with Crippen LogP contribution in [0.3, 0.4) is 0 Å². The first kappa shape index (κ1) is 20.0. The van der Waals surface area contributed by atoms with E-state index in [-0.39, 0.29) is 24.9 Å². The molecule has 0 spiro atoms. The number of nitrogens with one attached hydrogen (secondary N) is 2. The third-order valence-corrected chi connectivity index (χ3v) is 5.08. The molecule has 0 fully saturated rings. The number of rotatable bonds is 8. The van der Waals surface area contributed by atoms with E-state index >= 15 is 0 Å². The lowest BCUT2D eigenvalue weighted by Gasteiger charge is -2.26. The Balaban J connectivity index is 1.58. The van der Waals surface area contributed by atoms with Crippen molar-refractivity contribution in [3.05, 3.63) is 59.7 Å². The summed E-state index contributed by atoms with van der Waals surface area (Å²) in [6.07, 6.45) is 1.59.